The van der Waals surface area contributed by atoms with Gasteiger partial charge in [-0.05, 0) is 52.7 Å². The van der Waals surface area contributed by atoms with Gasteiger partial charge >= 0.3 is 5.97 Å². The number of anilines is 1. The fourth-order valence-electron chi connectivity index (χ4n) is 1.45. The molecule has 1 aromatic heterocycles. The predicted octanol–water partition coefficient (Wildman–Crippen LogP) is 3.08. The first-order valence-electron chi connectivity index (χ1n) is 6.06. The Morgan fingerprint density at radius 1 is 1.24 bits per heavy atom. The summed E-state index contributed by atoms with van der Waals surface area (Å²) in [6.45, 7) is -0.399. The predicted molar refractivity (Wildman–Crippen MR) is 79.3 cm³/mol. The molecular weight excluding hydrogens is 293 g/mol. The minimum absolute atomic E-state index is 0.391. The average Bonchev–Trinajstić information content (AvgIpc) is 2.99. The van der Waals surface area contributed by atoms with E-state index in [4.69, 9.17) is 4.74 Å². The van der Waals surface area contributed by atoms with Crippen molar-refractivity contribution in [2.45, 2.75) is 0 Å². The summed E-state index contributed by atoms with van der Waals surface area (Å²) in [5, 5.41) is 6.26. The van der Waals surface area contributed by atoms with Crippen LogP contribution in [0.5, 0.6) is 0 Å². The molecule has 0 spiro atoms. The summed E-state index contributed by atoms with van der Waals surface area (Å²) in [7, 11) is 0. The number of esters is 1. The first-order chi connectivity index (χ1) is 10.1. The number of ether oxygens (including phenoxy) is 1. The third-order valence-electron chi connectivity index (χ3n) is 2.43. The van der Waals surface area contributed by atoms with E-state index in [1.165, 1.54) is 41.7 Å². The Morgan fingerprint density at radius 3 is 2.67 bits per heavy atom. The number of nitrogens with one attached hydrogen (secondary N) is 1. The number of hydrogen-bond acceptors (Lipinski definition) is 4. The number of carbonyl (C=O) groups excluding carboxylic acids is 2. The number of halogens is 1. The molecule has 2 rings (SSSR count). The normalized spacial score (nSPS) is 10.5. The molecule has 108 valence electrons. The molecule has 0 radical (unpaired) electrons. The summed E-state index contributed by atoms with van der Waals surface area (Å²) in [4.78, 5) is 22.9. The lowest BCUT2D eigenvalue weighted by Gasteiger charge is -2.05. The molecule has 0 aliphatic rings. The fourth-order valence-corrected chi connectivity index (χ4v) is 2.08. The molecule has 6 heteroatoms. The highest BCUT2D eigenvalue weighted by Crippen LogP contribution is 2.09. The third kappa shape index (κ3) is 5.19. The van der Waals surface area contributed by atoms with Gasteiger partial charge in [0.2, 0.25) is 0 Å². The Balaban J connectivity index is 1.75. The standard InChI is InChI=1S/C15H12FNO3S/c16-12-2-4-13(5-3-12)17-14(18)9-20-15(19)6-1-11-7-8-21-10-11/h1-8,10H,9H2,(H,17,18)/b6-1+. The van der Waals surface area contributed by atoms with E-state index in [1.54, 1.807) is 6.08 Å². The second-order valence-electron chi connectivity index (χ2n) is 4.05. The van der Waals surface area contributed by atoms with Gasteiger partial charge < -0.3 is 10.1 Å². The topological polar surface area (TPSA) is 55.4 Å². The van der Waals surface area contributed by atoms with Crippen LogP contribution in [0.1, 0.15) is 5.56 Å². The highest BCUT2D eigenvalue weighted by molar-refractivity contribution is 7.08. The van der Waals surface area contributed by atoms with Crippen LogP contribution in [0, 0.1) is 5.82 Å². The zero-order chi connectivity index (χ0) is 15.1. The van der Waals surface area contributed by atoms with Crippen LogP contribution in [0.2, 0.25) is 0 Å². The van der Waals surface area contributed by atoms with Gasteiger partial charge in [0.25, 0.3) is 5.91 Å². The Labute approximate surface area is 124 Å². The summed E-state index contributed by atoms with van der Waals surface area (Å²) < 4.78 is 17.5. The highest BCUT2D eigenvalue weighted by Gasteiger charge is 2.05. The zero-order valence-electron chi connectivity index (χ0n) is 10.9. The molecule has 0 atom stereocenters. The van der Waals surface area contributed by atoms with Crippen molar-refractivity contribution in [3.8, 4) is 0 Å². The lowest BCUT2D eigenvalue weighted by atomic mass is 10.3. The molecule has 1 N–H and O–H groups in total. The number of thiophene rings is 1. The van der Waals surface area contributed by atoms with Crippen LogP contribution in [-0.4, -0.2) is 18.5 Å². The van der Waals surface area contributed by atoms with Gasteiger partial charge in [-0.2, -0.15) is 11.3 Å². The molecule has 0 unspecified atom stereocenters. The molecule has 1 aromatic carbocycles. The van der Waals surface area contributed by atoms with Crippen LogP contribution in [0.3, 0.4) is 0 Å². The van der Waals surface area contributed by atoms with E-state index in [2.05, 4.69) is 5.32 Å². The van der Waals surface area contributed by atoms with Crippen LogP contribution in [-0.2, 0) is 14.3 Å². The first kappa shape index (κ1) is 14.9. The van der Waals surface area contributed by atoms with Crippen molar-refractivity contribution in [1.82, 2.24) is 0 Å². The summed E-state index contributed by atoms with van der Waals surface area (Å²) in [5.41, 5.74) is 1.33. The van der Waals surface area contributed by atoms with Gasteiger partial charge in [0.1, 0.15) is 5.82 Å². The molecule has 0 bridgehead atoms. The van der Waals surface area contributed by atoms with Gasteiger partial charge in [-0.3, -0.25) is 4.79 Å². The van der Waals surface area contributed by atoms with Gasteiger partial charge in [-0.15, -0.1) is 0 Å². The maximum atomic E-state index is 12.7. The number of amides is 1. The molecule has 1 heterocycles. The molecule has 2 aromatic rings. The third-order valence-corrected chi connectivity index (χ3v) is 3.13. The van der Waals surface area contributed by atoms with Crippen LogP contribution in [0.15, 0.2) is 47.2 Å². The van der Waals surface area contributed by atoms with Crippen molar-refractivity contribution in [3.63, 3.8) is 0 Å². The molecule has 0 aliphatic carbocycles. The van der Waals surface area contributed by atoms with Crippen LogP contribution in [0.4, 0.5) is 10.1 Å². The number of benzene rings is 1. The number of carbonyl (C=O) groups is 2. The van der Waals surface area contributed by atoms with Gasteiger partial charge in [0.05, 0.1) is 0 Å². The SMILES string of the molecule is O=C(COC(=O)/C=C/c1ccsc1)Nc1ccc(F)cc1. The Bertz CT molecular complexity index is 635. The van der Waals surface area contributed by atoms with Gasteiger partial charge in [-0.1, -0.05) is 0 Å². The second kappa shape index (κ2) is 7.35. The van der Waals surface area contributed by atoms with Crippen LogP contribution in [0.25, 0.3) is 6.08 Å². The molecule has 0 fully saturated rings. The van der Waals surface area contributed by atoms with Crippen molar-refractivity contribution in [3.05, 3.63) is 58.5 Å². The lowest BCUT2D eigenvalue weighted by molar-refractivity contribution is -0.142. The minimum atomic E-state index is -0.601. The van der Waals surface area contributed by atoms with Gasteiger partial charge in [0.15, 0.2) is 6.61 Å². The summed E-state index contributed by atoms with van der Waals surface area (Å²) in [6.07, 6.45) is 2.87. The van der Waals surface area contributed by atoms with Crippen LogP contribution >= 0.6 is 11.3 Å². The molecule has 4 nitrogen and oxygen atoms in total. The molecule has 0 aliphatic heterocycles. The second-order valence-corrected chi connectivity index (χ2v) is 4.83. The van der Waals surface area contributed by atoms with Gasteiger partial charge in [-0.25, -0.2) is 9.18 Å². The lowest BCUT2D eigenvalue weighted by Crippen LogP contribution is -2.20. The Morgan fingerprint density at radius 2 is 2.00 bits per heavy atom. The summed E-state index contributed by atoms with van der Waals surface area (Å²) >= 11 is 1.52. The molecule has 0 saturated heterocycles. The zero-order valence-corrected chi connectivity index (χ0v) is 11.7. The van der Waals surface area contributed by atoms with Crippen molar-refractivity contribution in [2.75, 3.05) is 11.9 Å². The van der Waals surface area contributed by atoms with E-state index in [9.17, 15) is 14.0 Å². The molecular formula is C15H12FNO3S. The largest absolute Gasteiger partial charge is 0.452 e. The summed E-state index contributed by atoms with van der Waals surface area (Å²) in [5.74, 6) is -1.48. The monoisotopic (exact) mass is 305 g/mol. The molecule has 0 saturated carbocycles. The van der Waals surface area contributed by atoms with Crippen molar-refractivity contribution in [2.24, 2.45) is 0 Å². The minimum Gasteiger partial charge on any atom is -0.452 e. The van der Waals surface area contributed by atoms with Crippen molar-refractivity contribution < 1.29 is 18.7 Å². The van der Waals surface area contributed by atoms with E-state index in [0.29, 0.717) is 5.69 Å². The first-order valence-corrected chi connectivity index (χ1v) is 7.00. The van der Waals surface area contributed by atoms with Crippen LogP contribution < -0.4 is 5.32 Å². The van der Waals surface area contributed by atoms with Crippen molar-refractivity contribution in [1.29, 1.82) is 0 Å². The maximum Gasteiger partial charge on any atom is 0.331 e. The van der Waals surface area contributed by atoms with Gasteiger partial charge in [0, 0.05) is 11.8 Å². The van der Waals surface area contributed by atoms with E-state index < -0.39 is 24.3 Å². The molecule has 1 amide bonds. The van der Waals surface area contributed by atoms with Crippen molar-refractivity contribution >= 4 is 35.0 Å². The number of hydrogen-bond donors (Lipinski definition) is 1. The number of rotatable bonds is 5. The highest BCUT2D eigenvalue weighted by atomic mass is 32.1. The smallest absolute Gasteiger partial charge is 0.331 e. The summed E-state index contributed by atoms with van der Waals surface area (Å²) in [6, 6.07) is 7.16. The van der Waals surface area contributed by atoms with E-state index in [1.807, 2.05) is 16.8 Å². The Hall–Kier alpha value is -2.47. The fraction of sp³-hybridized carbons (Fsp3) is 0.0667. The quantitative estimate of drug-likeness (QED) is 0.682. The Kier molecular flexibility index (Phi) is 5.22. The van der Waals surface area contributed by atoms with E-state index >= 15 is 0 Å². The average molecular weight is 305 g/mol. The maximum absolute atomic E-state index is 12.7. The molecule has 21 heavy (non-hydrogen) atoms. The van der Waals surface area contributed by atoms with E-state index in [-0.39, 0.29) is 0 Å². The van der Waals surface area contributed by atoms with E-state index in [0.717, 1.165) is 5.56 Å².